The Labute approximate surface area is 108 Å². The molecule has 4 nitrogen and oxygen atoms in total. The van der Waals surface area contributed by atoms with Crippen LogP contribution in [0.5, 0.6) is 11.5 Å². The highest BCUT2D eigenvalue weighted by molar-refractivity contribution is 5.93. The smallest absolute Gasteiger partial charge is 0.197 e. The first-order valence-electron chi connectivity index (χ1n) is 5.72. The lowest BCUT2D eigenvalue weighted by atomic mass is 10.2. The first kappa shape index (κ1) is 14.1. The maximum Gasteiger partial charge on any atom is 0.197 e. The van der Waals surface area contributed by atoms with Crippen molar-refractivity contribution in [3.05, 3.63) is 36.5 Å². The van der Waals surface area contributed by atoms with E-state index in [-0.39, 0.29) is 5.78 Å². The van der Waals surface area contributed by atoms with Crippen molar-refractivity contribution < 1.29 is 14.3 Å². The molecule has 0 amide bonds. The van der Waals surface area contributed by atoms with Crippen LogP contribution < -0.4 is 9.47 Å². The zero-order chi connectivity index (χ0) is 13.5. The molecule has 0 aliphatic heterocycles. The molecule has 18 heavy (non-hydrogen) atoms. The minimum absolute atomic E-state index is 0.0699. The van der Waals surface area contributed by atoms with Gasteiger partial charge in [-0.25, -0.2) is 0 Å². The Kier molecular flexibility index (Phi) is 5.24. The van der Waals surface area contributed by atoms with Crippen molar-refractivity contribution >= 4 is 5.78 Å². The van der Waals surface area contributed by atoms with Crippen LogP contribution >= 0.6 is 0 Å². The number of benzene rings is 1. The molecular weight excluding hydrogens is 230 g/mol. The van der Waals surface area contributed by atoms with Crippen LogP contribution in [-0.4, -0.2) is 38.0 Å². The molecule has 0 bridgehead atoms. The standard InChI is InChI=1S/C14H19NO3/c1-11(14(16)9-10-15(2)3)18-13-7-5-12(17-4)6-8-13/h5-11H,1-4H3/b10-9+. The molecule has 0 saturated heterocycles. The molecule has 0 aromatic heterocycles. The summed E-state index contributed by atoms with van der Waals surface area (Å²) in [6.07, 6.45) is 2.71. The van der Waals surface area contributed by atoms with E-state index >= 15 is 0 Å². The summed E-state index contributed by atoms with van der Waals surface area (Å²) in [5.41, 5.74) is 0. The van der Waals surface area contributed by atoms with Crippen LogP contribution in [0.25, 0.3) is 0 Å². The van der Waals surface area contributed by atoms with Crippen LogP contribution in [0.3, 0.4) is 0 Å². The summed E-state index contributed by atoms with van der Waals surface area (Å²) in [4.78, 5) is 13.5. The molecule has 0 aliphatic carbocycles. The number of carbonyl (C=O) groups is 1. The van der Waals surface area contributed by atoms with Gasteiger partial charge in [-0.2, -0.15) is 0 Å². The molecule has 4 heteroatoms. The van der Waals surface area contributed by atoms with Crippen LogP contribution in [0.2, 0.25) is 0 Å². The summed E-state index contributed by atoms with van der Waals surface area (Å²) in [6, 6.07) is 7.14. The summed E-state index contributed by atoms with van der Waals surface area (Å²) in [5, 5.41) is 0. The van der Waals surface area contributed by atoms with Gasteiger partial charge in [0.05, 0.1) is 7.11 Å². The van der Waals surface area contributed by atoms with Gasteiger partial charge in [0.25, 0.3) is 0 Å². The lowest BCUT2D eigenvalue weighted by molar-refractivity contribution is -0.120. The Balaban J connectivity index is 2.57. The van der Waals surface area contributed by atoms with Gasteiger partial charge in [0, 0.05) is 26.4 Å². The number of hydrogen-bond donors (Lipinski definition) is 0. The van der Waals surface area contributed by atoms with E-state index in [1.54, 1.807) is 49.4 Å². The molecule has 0 fully saturated rings. The van der Waals surface area contributed by atoms with Crippen LogP contribution in [0.15, 0.2) is 36.5 Å². The second kappa shape index (κ2) is 6.69. The minimum atomic E-state index is -0.505. The Hall–Kier alpha value is -1.97. The first-order chi connectivity index (χ1) is 8.52. The molecule has 1 rings (SSSR count). The molecule has 0 spiro atoms. The lowest BCUT2D eigenvalue weighted by Crippen LogP contribution is -2.22. The van der Waals surface area contributed by atoms with E-state index in [1.807, 2.05) is 14.1 Å². The zero-order valence-corrected chi connectivity index (χ0v) is 11.2. The number of ether oxygens (including phenoxy) is 2. The van der Waals surface area contributed by atoms with E-state index in [9.17, 15) is 4.79 Å². The number of carbonyl (C=O) groups excluding carboxylic acids is 1. The zero-order valence-electron chi connectivity index (χ0n) is 11.2. The molecule has 1 atom stereocenters. The number of methoxy groups -OCH3 is 1. The van der Waals surface area contributed by atoms with Crippen molar-refractivity contribution in [2.75, 3.05) is 21.2 Å². The minimum Gasteiger partial charge on any atom is -0.497 e. The second-order valence-electron chi connectivity index (χ2n) is 4.12. The number of ketones is 1. The quantitative estimate of drug-likeness (QED) is 0.724. The van der Waals surface area contributed by atoms with Crippen LogP contribution in [0.1, 0.15) is 6.92 Å². The average Bonchev–Trinajstić information content (AvgIpc) is 2.36. The van der Waals surface area contributed by atoms with Gasteiger partial charge >= 0.3 is 0 Å². The van der Waals surface area contributed by atoms with E-state index in [0.29, 0.717) is 5.75 Å². The maximum absolute atomic E-state index is 11.7. The second-order valence-corrected chi connectivity index (χ2v) is 4.12. The fraction of sp³-hybridized carbons (Fsp3) is 0.357. The van der Waals surface area contributed by atoms with Gasteiger partial charge in [0.2, 0.25) is 0 Å². The van der Waals surface area contributed by atoms with Crippen LogP contribution in [0, 0.1) is 0 Å². The summed E-state index contributed by atoms with van der Waals surface area (Å²) in [5.74, 6) is 1.34. The third-order valence-corrected chi connectivity index (χ3v) is 2.31. The maximum atomic E-state index is 11.7. The number of nitrogens with zero attached hydrogens (tertiary/aromatic N) is 1. The van der Waals surface area contributed by atoms with Crippen LogP contribution in [-0.2, 0) is 4.79 Å². The molecular formula is C14H19NO3. The highest BCUT2D eigenvalue weighted by Crippen LogP contribution is 2.18. The highest BCUT2D eigenvalue weighted by Gasteiger charge is 2.11. The fourth-order valence-corrected chi connectivity index (χ4v) is 1.27. The summed E-state index contributed by atoms with van der Waals surface area (Å²) < 4.78 is 10.6. The molecule has 0 aliphatic rings. The normalized spacial score (nSPS) is 12.2. The Morgan fingerprint density at radius 1 is 1.22 bits per heavy atom. The van der Waals surface area contributed by atoms with Gasteiger partial charge in [-0.1, -0.05) is 0 Å². The van der Waals surface area contributed by atoms with Crippen molar-refractivity contribution in [2.45, 2.75) is 13.0 Å². The number of hydrogen-bond acceptors (Lipinski definition) is 4. The van der Waals surface area contributed by atoms with Crippen molar-refractivity contribution in [1.29, 1.82) is 0 Å². The SMILES string of the molecule is COc1ccc(OC(C)C(=O)/C=C/N(C)C)cc1. The molecule has 1 unspecified atom stereocenters. The van der Waals surface area contributed by atoms with E-state index in [4.69, 9.17) is 9.47 Å². The van der Waals surface area contributed by atoms with Crippen molar-refractivity contribution in [1.82, 2.24) is 4.90 Å². The van der Waals surface area contributed by atoms with Gasteiger partial charge in [0.15, 0.2) is 11.9 Å². The van der Waals surface area contributed by atoms with Gasteiger partial charge in [0.1, 0.15) is 11.5 Å². The van der Waals surface area contributed by atoms with Gasteiger partial charge < -0.3 is 14.4 Å². The van der Waals surface area contributed by atoms with Crippen molar-refractivity contribution in [3.8, 4) is 11.5 Å². The van der Waals surface area contributed by atoms with E-state index < -0.39 is 6.10 Å². The monoisotopic (exact) mass is 249 g/mol. The topological polar surface area (TPSA) is 38.8 Å². The summed E-state index contributed by atoms with van der Waals surface area (Å²) >= 11 is 0. The molecule has 98 valence electrons. The Morgan fingerprint density at radius 3 is 2.28 bits per heavy atom. The first-order valence-corrected chi connectivity index (χ1v) is 5.72. The molecule has 1 aromatic rings. The van der Waals surface area contributed by atoms with Crippen molar-refractivity contribution in [3.63, 3.8) is 0 Å². The van der Waals surface area contributed by atoms with Gasteiger partial charge in [-0.3, -0.25) is 4.79 Å². The molecule has 0 heterocycles. The van der Waals surface area contributed by atoms with E-state index in [1.165, 1.54) is 6.08 Å². The Morgan fingerprint density at radius 2 is 1.78 bits per heavy atom. The third kappa shape index (κ3) is 4.49. The predicted molar refractivity (Wildman–Crippen MR) is 70.9 cm³/mol. The molecule has 0 N–H and O–H groups in total. The Bertz CT molecular complexity index is 410. The van der Waals surface area contributed by atoms with E-state index in [0.717, 1.165) is 5.75 Å². The number of rotatable bonds is 6. The summed E-state index contributed by atoms with van der Waals surface area (Å²) in [7, 11) is 5.33. The fourth-order valence-electron chi connectivity index (χ4n) is 1.27. The average molecular weight is 249 g/mol. The third-order valence-electron chi connectivity index (χ3n) is 2.31. The predicted octanol–water partition coefficient (Wildman–Crippen LogP) is 2.11. The molecule has 0 saturated carbocycles. The summed E-state index contributed by atoms with van der Waals surface area (Å²) in [6.45, 7) is 1.73. The molecule has 1 aromatic carbocycles. The van der Waals surface area contributed by atoms with E-state index in [2.05, 4.69) is 0 Å². The van der Waals surface area contributed by atoms with Crippen LogP contribution in [0.4, 0.5) is 0 Å². The lowest BCUT2D eigenvalue weighted by Gasteiger charge is -2.12. The van der Waals surface area contributed by atoms with Gasteiger partial charge in [-0.05, 0) is 31.2 Å². The largest absolute Gasteiger partial charge is 0.497 e. The van der Waals surface area contributed by atoms with Crippen molar-refractivity contribution in [2.24, 2.45) is 0 Å². The molecule has 0 radical (unpaired) electrons. The van der Waals surface area contributed by atoms with Gasteiger partial charge in [-0.15, -0.1) is 0 Å². The highest BCUT2D eigenvalue weighted by atomic mass is 16.5.